The summed E-state index contributed by atoms with van der Waals surface area (Å²) in [7, 11) is 1.31. The van der Waals surface area contributed by atoms with Gasteiger partial charge in [-0.3, -0.25) is 4.79 Å². The molecule has 0 saturated heterocycles. The average molecular weight is 316 g/mol. The number of anilines is 1. The van der Waals surface area contributed by atoms with Crippen molar-refractivity contribution < 1.29 is 14.3 Å². The zero-order valence-electron chi connectivity index (χ0n) is 12.3. The number of ether oxygens (including phenoxy) is 1. The number of aromatic nitrogens is 1. The molecule has 1 aromatic heterocycles. The third-order valence-electron chi connectivity index (χ3n) is 3.01. The Bertz CT molecular complexity index is 661. The molecule has 0 fully saturated rings. The summed E-state index contributed by atoms with van der Waals surface area (Å²) in [6.07, 6.45) is 3.33. The van der Waals surface area contributed by atoms with E-state index in [9.17, 15) is 9.59 Å². The van der Waals surface area contributed by atoms with Crippen molar-refractivity contribution in [1.82, 2.24) is 4.98 Å². The molecule has 1 N–H and O–H groups in total. The molecule has 0 radical (unpaired) electrons. The molecule has 1 amide bonds. The smallest absolute Gasteiger partial charge is 0.338 e. The monoisotopic (exact) mass is 316 g/mol. The van der Waals surface area contributed by atoms with Gasteiger partial charge in [-0.05, 0) is 24.0 Å². The van der Waals surface area contributed by atoms with Crippen LogP contribution in [0.5, 0.6) is 0 Å². The zero-order chi connectivity index (χ0) is 15.9. The van der Waals surface area contributed by atoms with Crippen LogP contribution in [0.4, 0.5) is 5.82 Å². The molecule has 2 aromatic rings. The standard InChI is InChI=1S/C16H16N2O3S/c1-21-16(20)12-8-9-17-13(10-12)18-15(19)14(22-2)11-6-4-3-5-7-11/h3-10,14H,1-2H3,(H,17,18,19). The molecule has 0 bridgehead atoms. The number of nitrogens with zero attached hydrogens (tertiary/aromatic N) is 1. The summed E-state index contributed by atoms with van der Waals surface area (Å²) in [6.45, 7) is 0. The van der Waals surface area contributed by atoms with Gasteiger partial charge < -0.3 is 10.1 Å². The number of nitrogens with one attached hydrogen (secondary N) is 1. The molecule has 1 unspecified atom stereocenters. The van der Waals surface area contributed by atoms with Gasteiger partial charge >= 0.3 is 5.97 Å². The van der Waals surface area contributed by atoms with Crippen LogP contribution in [0.1, 0.15) is 21.2 Å². The fraction of sp³-hybridized carbons (Fsp3) is 0.188. The highest BCUT2D eigenvalue weighted by atomic mass is 32.2. The van der Waals surface area contributed by atoms with Gasteiger partial charge in [0.15, 0.2) is 0 Å². The summed E-state index contributed by atoms with van der Waals surface area (Å²) in [5.41, 5.74) is 1.25. The van der Waals surface area contributed by atoms with Crippen LogP contribution in [0.15, 0.2) is 48.7 Å². The number of pyridine rings is 1. The van der Waals surface area contributed by atoms with Crippen LogP contribution in [0, 0.1) is 0 Å². The summed E-state index contributed by atoms with van der Waals surface area (Å²) < 4.78 is 4.65. The van der Waals surface area contributed by atoms with E-state index in [1.54, 1.807) is 0 Å². The summed E-state index contributed by atoms with van der Waals surface area (Å²) in [6, 6.07) is 12.5. The predicted molar refractivity (Wildman–Crippen MR) is 86.9 cm³/mol. The first-order valence-electron chi connectivity index (χ1n) is 6.58. The highest BCUT2D eigenvalue weighted by Crippen LogP contribution is 2.27. The van der Waals surface area contributed by atoms with Crippen molar-refractivity contribution in [3.8, 4) is 0 Å². The summed E-state index contributed by atoms with van der Waals surface area (Å²) in [5.74, 6) is -0.335. The van der Waals surface area contributed by atoms with Gasteiger partial charge in [-0.25, -0.2) is 9.78 Å². The number of esters is 1. The van der Waals surface area contributed by atoms with E-state index < -0.39 is 5.97 Å². The van der Waals surface area contributed by atoms with Crippen LogP contribution in [0.2, 0.25) is 0 Å². The molecule has 0 aliphatic rings. The number of hydrogen-bond donors (Lipinski definition) is 1. The Hall–Kier alpha value is -2.34. The van der Waals surface area contributed by atoms with Gasteiger partial charge in [0.05, 0.1) is 12.7 Å². The first-order valence-corrected chi connectivity index (χ1v) is 7.87. The number of benzene rings is 1. The van der Waals surface area contributed by atoms with Crippen molar-refractivity contribution in [1.29, 1.82) is 0 Å². The number of carbonyl (C=O) groups excluding carboxylic acids is 2. The SMILES string of the molecule is COC(=O)c1ccnc(NC(=O)C(SC)c2ccccc2)c1. The minimum atomic E-state index is -0.470. The number of methoxy groups -OCH3 is 1. The van der Waals surface area contributed by atoms with E-state index in [0.717, 1.165) is 5.56 Å². The second-order valence-corrected chi connectivity index (χ2v) is 5.38. The molecule has 0 aliphatic heterocycles. The zero-order valence-corrected chi connectivity index (χ0v) is 13.1. The summed E-state index contributed by atoms with van der Waals surface area (Å²) in [4.78, 5) is 28.0. The molecule has 5 nitrogen and oxygen atoms in total. The Labute approximate surface area is 133 Å². The van der Waals surface area contributed by atoms with E-state index in [0.29, 0.717) is 11.4 Å². The lowest BCUT2D eigenvalue weighted by Gasteiger charge is -2.14. The van der Waals surface area contributed by atoms with Gasteiger partial charge in [0.1, 0.15) is 11.1 Å². The summed E-state index contributed by atoms with van der Waals surface area (Å²) >= 11 is 1.43. The number of amides is 1. The quantitative estimate of drug-likeness (QED) is 0.859. The Balaban J connectivity index is 2.16. The van der Waals surface area contributed by atoms with Crippen molar-refractivity contribution in [2.24, 2.45) is 0 Å². The van der Waals surface area contributed by atoms with Gasteiger partial charge in [-0.15, -0.1) is 11.8 Å². The van der Waals surface area contributed by atoms with Crippen LogP contribution >= 0.6 is 11.8 Å². The van der Waals surface area contributed by atoms with E-state index in [1.807, 2.05) is 36.6 Å². The van der Waals surface area contributed by atoms with Gasteiger partial charge in [0.25, 0.3) is 0 Å². The molecule has 0 saturated carbocycles. The molecule has 1 heterocycles. The van der Waals surface area contributed by atoms with E-state index in [-0.39, 0.29) is 11.2 Å². The van der Waals surface area contributed by atoms with Gasteiger partial charge in [-0.2, -0.15) is 0 Å². The summed E-state index contributed by atoms with van der Waals surface area (Å²) in [5, 5.41) is 2.39. The molecular formula is C16H16N2O3S. The predicted octanol–water partition coefficient (Wildman–Crippen LogP) is 2.91. The molecule has 0 aliphatic carbocycles. The maximum atomic E-state index is 12.4. The van der Waals surface area contributed by atoms with Crippen molar-refractivity contribution in [3.05, 3.63) is 59.8 Å². The van der Waals surface area contributed by atoms with E-state index in [1.165, 1.54) is 37.2 Å². The molecular weight excluding hydrogens is 300 g/mol. The number of thioether (sulfide) groups is 1. The highest BCUT2D eigenvalue weighted by molar-refractivity contribution is 7.99. The van der Waals surface area contributed by atoms with Gasteiger partial charge in [0, 0.05) is 6.20 Å². The van der Waals surface area contributed by atoms with Crippen molar-refractivity contribution >= 4 is 29.5 Å². The van der Waals surface area contributed by atoms with Crippen LogP contribution in [0.3, 0.4) is 0 Å². The van der Waals surface area contributed by atoms with E-state index >= 15 is 0 Å². The van der Waals surface area contributed by atoms with E-state index in [4.69, 9.17) is 0 Å². The molecule has 2 rings (SSSR count). The maximum Gasteiger partial charge on any atom is 0.338 e. The number of carbonyl (C=O) groups is 2. The maximum absolute atomic E-state index is 12.4. The fourth-order valence-corrected chi connectivity index (χ4v) is 2.66. The van der Waals surface area contributed by atoms with Crippen LogP contribution in [0.25, 0.3) is 0 Å². The molecule has 22 heavy (non-hydrogen) atoms. The van der Waals surface area contributed by atoms with Crippen molar-refractivity contribution in [2.45, 2.75) is 5.25 Å². The molecule has 6 heteroatoms. The van der Waals surface area contributed by atoms with Crippen molar-refractivity contribution in [2.75, 3.05) is 18.7 Å². The van der Waals surface area contributed by atoms with Gasteiger partial charge in [0.2, 0.25) is 5.91 Å². The Morgan fingerprint density at radius 3 is 2.59 bits per heavy atom. The second kappa shape index (κ2) is 7.61. The average Bonchev–Trinajstić information content (AvgIpc) is 2.56. The van der Waals surface area contributed by atoms with Crippen molar-refractivity contribution in [3.63, 3.8) is 0 Å². The second-order valence-electron chi connectivity index (χ2n) is 4.44. The largest absolute Gasteiger partial charge is 0.465 e. The third kappa shape index (κ3) is 3.85. The van der Waals surface area contributed by atoms with Gasteiger partial charge in [-0.1, -0.05) is 30.3 Å². The Morgan fingerprint density at radius 1 is 1.23 bits per heavy atom. The fourth-order valence-electron chi connectivity index (χ4n) is 1.96. The first-order chi connectivity index (χ1) is 10.7. The van der Waals surface area contributed by atoms with Crippen LogP contribution in [-0.4, -0.2) is 30.2 Å². The Morgan fingerprint density at radius 2 is 1.95 bits per heavy atom. The molecule has 1 atom stereocenters. The molecule has 0 spiro atoms. The first kappa shape index (κ1) is 16.0. The lowest BCUT2D eigenvalue weighted by molar-refractivity contribution is -0.115. The van der Waals surface area contributed by atoms with Crippen LogP contribution in [-0.2, 0) is 9.53 Å². The molecule has 1 aromatic carbocycles. The number of rotatable bonds is 5. The number of hydrogen-bond acceptors (Lipinski definition) is 5. The topological polar surface area (TPSA) is 68.3 Å². The minimum Gasteiger partial charge on any atom is -0.465 e. The third-order valence-corrected chi connectivity index (χ3v) is 3.97. The Kier molecular flexibility index (Phi) is 5.55. The normalized spacial score (nSPS) is 11.5. The lowest BCUT2D eigenvalue weighted by atomic mass is 10.1. The highest BCUT2D eigenvalue weighted by Gasteiger charge is 2.20. The van der Waals surface area contributed by atoms with Crippen LogP contribution < -0.4 is 5.32 Å². The lowest BCUT2D eigenvalue weighted by Crippen LogP contribution is -2.19. The molecule has 114 valence electrons. The minimum absolute atomic E-state index is 0.187. The van der Waals surface area contributed by atoms with E-state index in [2.05, 4.69) is 15.0 Å².